The van der Waals surface area contributed by atoms with Crippen LogP contribution < -0.4 is 0 Å². The first-order valence-electron chi connectivity index (χ1n) is 4.38. The smallest absolute Gasteiger partial charge is 0.103 e. The zero-order chi connectivity index (χ0) is 7.56. The minimum absolute atomic E-state index is 0.365. The molecule has 60 valence electrons. The van der Waals surface area contributed by atoms with Gasteiger partial charge in [-0.1, -0.05) is 20.3 Å². The van der Waals surface area contributed by atoms with Crippen LogP contribution in [0.4, 0.5) is 4.39 Å². The van der Waals surface area contributed by atoms with Crippen LogP contribution >= 0.6 is 0 Å². The lowest BCUT2D eigenvalue weighted by Crippen LogP contribution is -2.24. The lowest BCUT2D eigenvalue weighted by atomic mass is 9.80. The van der Waals surface area contributed by atoms with Crippen LogP contribution in [0.3, 0.4) is 0 Å². The summed E-state index contributed by atoms with van der Waals surface area (Å²) < 4.78 is 13.0. The molecule has 1 heteroatoms. The minimum Gasteiger partial charge on any atom is -0.247 e. The van der Waals surface area contributed by atoms with Crippen molar-refractivity contribution in [3.63, 3.8) is 0 Å². The lowest BCUT2D eigenvalue weighted by Gasteiger charge is -2.29. The van der Waals surface area contributed by atoms with Crippen LogP contribution in [0.15, 0.2) is 0 Å². The molecule has 3 atom stereocenters. The predicted octanol–water partition coefficient (Wildman–Crippen LogP) is 3.17. The van der Waals surface area contributed by atoms with E-state index in [1.807, 2.05) is 0 Å². The Kier molecular flexibility index (Phi) is 2.70. The predicted molar refractivity (Wildman–Crippen MR) is 41.7 cm³/mol. The van der Waals surface area contributed by atoms with E-state index in [1.165, 1.54) is 0 Å². The van der Waals surface area contributed by atoms with Gasteiger partial charge in [-0.3, -0.25) is 0 Å². The monoisotopic (exact) mass is 144 g/mol. The molecule has 1 fully saturated rings. The second-order valence-electron chi connectivity index (χ2n) is 3.60. The van der Waals surface area contributed by atoms with E-state index >= 15 is 0 Å². The van der Waals surface area contributed by atoms with Crippen molar-refractivity contribution in [2.45, 2.75) is 45.7 Å². The molecule has 10 heavy (non-hydrogen) atoms. The highest BCUT2D eigenvalue weighted by Crippen LogP contribution is 2.32. The van der Waals surface area contributed by atoms with Crippen LogP contribution in [0.1, 0.15) is 39.5 Å². The Morgan fingerprint density at radius 2 is 2.10 bits per heavy atom. The molecule has 3 unspecified atom stereocenters. The quantitative estimate of drug-likeness (QED) is 0.530. The van der Waals surface area contributed by atoms with Gasteiger partial charge in [-0.2, -0.15) is 0 Å². The number of alkyl halides is 1. The fourth-order valence-corrected chi connectivity index (χ4v) is 1.88. The zero-order valence-corrected chi connectivity index (χ0v) is 6.94. The molecule has 0 amide bonds. The first-order valence-corrected chi connectivity index (χ1v) is 4.38. The third kappa shape index (κ3) is 1.71. The third-order valence-electron chi connectivity index (χ3n) is 2.68. The molecule has 1 saturated carbocycles. The largest absolute Gasteiger partial charge is 0.247 e. The SMILES string of the molecule is CCC1CC(C)CCC1F. The molecule has 1 rings (SSSR count). The molecule has 0 aliphatic heterocycles. The summed E-state index contributed by atoms with van der Waals surface area (Å²) in [5, 5.41) is 0. The number of hydrogen-bond donors (Lipinski definition) is 0. The molecule has 0 saturated heterocycles. The Morgan fingerprint density at radius 1 is 1.40 bits per heavy atom. The Hall–Kier alpha value is -0.0700. The van der Waals surface area contributed by atoms with Gasteiger partial charge in [0.15, 0.2) is 0 Å². The molecular formula is C9H17F. The molecular weight excluding hydrogens is 127 g/mol. The van der Waals surface area contributed by atoms with Gasteiger partial charge in [-0.05, 0) is 31.1 Å². The van der Waals surface area contributed by atoms with Crippen LogP contribution in [-0.4, -0.2) is 6.17 Å². The van der Waals surface area contributed by atoms with E-state index in [-0.39, 0.29) is 0 Å². The molecule has 0 N–H and O–H groups in total. The van der Waals surface area contributed by atoms with Crippen molar-refractivity contribution < 1.29 is 4.39 Å². The Morgan fingerprint density at radius 3 is 2.60 bits per heavy atom. The molecule has 0 heterocycles. The van der Waals surface area contributed by atoms with E-state index in [9.17, 15) is 4.39 Å². The molecule has 0 aromatic heterocycles. The van der Waals surface area contributed by atoms with E-state index < -0.39 is 6.17 Å². The summed E-state index contributed by atoms with van der Waals surface area (Å²) in [6.07, 6.45) is 3.53. The van der Waals surface area contributed by atoms with Crippen LogP contribution in [0, 0.1) is 11.8 Å². The van der Waals surface area contributed by atoms with Crippen molar-refractivity contribution in [1.29, 1.82) is 0 Å². The second kappa shape index (κ2) is 3.36. The fourth-order valence-electron chi connectivity index (χ4n) is 1.88. The van der Waals surface area contributed by atoms with Crippen LogP contribution in [0.2, 0.25) is 0 Å². The van der Waals surface area contributed by atoms with Crippen molar-refractivity contribution in [3.05, 3.63) is 0 Å². The van der Waals surface area contributed by atoms with E-state index in [2.05, 4.69) is 13.8 Å². The average molecular weight is 144 g/mol. The first-order chi connectivity index (χ1) is 4.74. The maximum absolute atomic E-state index is 13.0. The number of halogens is 1. The van der Waals surface area contributed by atoms with E-state index in [1.54, 1.807) is 0 Å². The fraction of sp³-hybridized carbons (Fsp3) is 1.00. The van der Waals surface area contributed by atoms with Crippen LogP contribution in [-0.2, 0) is 0 Å². The molecule has 1 aliphatic rings. The molecule has 0 spiro atoms. The summed E-state index contributed by atoms with van der Waals surface area (Å²) in [6.45, 7) is 4.32. The van der Waals surface area contributed by atoms with Crippen molar-refractivity contribution in [2.75, 3.05) is 0 Å². The summed E-state index contributed by atoms with van der Waals surface area (Å²) in [5.74, 6) is 1.13. The highest BCUT2D eigenvalue weighted by atomic mass is 19.1. The maximum Gasteiger partial charge on any atom is 0.103 e. The zero-order valence-electron chi connectivity index (χ0n) is 6.94. The van der Waals surface area contributed by atoms with Crippen molar-refractivity contribution >= 4 is 0 Å². The van der Waals surface area contributed by atoms with Gasteiger partial charge >= 0.3 is 0 Å². The van der Waals surface area contributed by atoms with E-state index in [0.29, 0.717) is 5.92 Å². The van der Waals surface area contributed by atoms with E-state index in [0.717, 1.165) is 31.6 Å². The van der Waals surface area contributed by atoms with Crippen molar-refractivity contribution in [3.8, 4) is 0 Å². The average Bonchev–Trinajstić information content (AvgIpc) is 1.94. The highest BCUT2D eigenvalue weighted by Gasteiger charge is 2.26. The van der Waals surface area contributed by atoms with Gasteiger partial charge < -0.3 is 0 Å². The highest BCUT2D eigenvalue weighted by molar-refractivity contribution is 4.76. The number of hydrogen-bond acceptors (Lipinski definition) is 0. The summed E-state index contributed by atoms with van der Waals surface area (Å²) >= 11 is 0. The van der Waals surface area contributed by atoms with Crippen molar-refractivity contribution in [1.82, 2.24) is 0 Å². The molecule has 0 nitrogen and oxygen atoms in total. The van der Waals surface area contributed by atoms with Gasteiger partial charge in [-0.25, -0.2) is 4.39 Å². The topological polar surface area (TPSA) is 0 Å². The Labute approximate surface area is 62.8 Å². The van der Waals surface area contributed by atoms with Gasteiger partial charge in [0.1, 0.15) is 6.17 Å². The van der Waals surface area contributed by atoms with Gasteiger partial charge in [0.2, 0.25) is 0 Å². The molecule has 0 aromatic rings. The van der Waals surface area contributed by atoms with Gasteiger partial charge in [0.05, 0.1) is 0 Å². The summed E-state index contributed by atoms with van der Waals surface area (Å²) in [6, 6.07) is 0. The number of rotatable bonds is 1. The second-order valence-corrected chi connectivity index (χ2v) is 3.60. The summed E-state index contributed by atoms with van der Waals surface area (Å²) in [5.41, 5.74) is 0. The Bertz CT molecular complexity index is 101. The third-order valence-corrected chi connectivity index (χ3v) is 2.68. The van der Waals surface area contributed by atoms with Crippen molar-refractivity contribution in [2.24, 2.45) is 11.8 Å². The molecule has 1 aliphatic carbocycles. The summed E-state index contributed by atoms with van der Waals surface area (Å²) in [7, 11) is 0. The maximum atomic E-state index is 13.0. The standard InChI is InChI=1S/C9H17F/c1-3-8-6-7(2)4-5-9(8)10/h7-9H,3-6H2,1-2H3. The summed E-state index contributed by atoms with van der Waals surface area (Å²) in [4.78, 5) is 0. The Balaban J connectivity index is 2.38. The molecule has 0 bridgehead atoms. The van der Waals surface area contributed by atoms with Crippen LogP contribution in [0.25, 0.3) is 0 Å². The van der Waals surface area contributed by atoms with Gasteiger partial charge in [0, 0.05) is 0 Å². The lowest BCUT2D eigenvalue weighted by molar-refractivity contribution is 0.131. The first kappa shape index (κ1) is 8.03. The molecule has 0 radical (unpaired) electrons. The normalized spacial score (nSPS) is 41.7. The van der Waals surface area contributed by atoms with Gasteiger partial charge in [0.25, 0.3) is 0 Å². The molecule has 0 aromatic carbocycles. The van der Waals surface area contributed by atoms with Gasteiger partial charge in [-0.15, -0.1) is 0 Å². The van der Waals surface area contributed by atoms with E-state index in [4.69, 9.17) is 0 Å². The minimum atomic E-state index is -0.499. The van der Waals surface area contributed by atoms with Crippen LogP contribution in [0.5, 0.6) is 0 Å².